The largest absolute Gasteiger partial charge is 0.489 e. The van der Waals surface area contributed by atoms with Gasteiger partial charge in [-0.2, -0.15) is 0 Å². The average Bonchev–Trinajstić information content (AvgIpc) is 2.70. The molecule has 0 saturated carbocycles. The van der Waals surface area contributed by atoms with Crippen LogP contribution in [0.5, 0.6) is 0 Å². The molecule has 0 aromatic heterocycles. The van der Waals surface area contributed by atoms with E-state index >= 15 is 0 Å². The summed E-state index contributed by atoms with van der Waals surface area (Å²) in [4.78, 5) is 26.5. The van der Waals surface area contributed by atoms with Crippen molar-refractivity contribution in [3.8, 4) is 0 Å². The summed E-state index contributed by atoms with van der Waals surface area (Å²) in [6.45, 7) is 6.22. The first-order chi connectivity index (χ1) is 13.5. The Hall–Kier alpha value is -3.14. The summed E-state index contributed by atoms with van der Waals surface area (Å²) < 4.78 is 5.74. The molecule has 28 heavy (non-hydrogen) atoms. The first-order valence-electron chi connectivity index (χ1n) is 9.37. The van der Waals surface area contributed by atoms with E-state index < -0.39 is 0 Å². The molecule has 0 aliphatic carbocycles. The monoisotopic (exact) mass is 377 g/mol. The van der Waals surface area contributed by atoms with Crippen LogP contribution in [0.25, 0.3) is 6.08 Å². The van der Waals surface area contributed by atoms with Gasteiger partial charge in [-0.25, -0.2) is 0 Å². The van der Waals surface area contributed by atoms with Crippen molar-refractivity contribution in [1.82, 2.24) is 4.90 Å². The minimum atomic E-state index is -0.202. The number of rotatable bonds is 9. The molecule has 2 aromatic carbocycles. The van der Waals surface area contributed by atoms with E-state index in [4.69, 9.17) is 4.74 Å². The number of hydrogen-bond acceptors (Lipinski definition) is 3. The van der Waals surface area contributed by atoms with Crippen LogP contribution in [0.4, 0.5) is 0 Å². The van der Waals surface area contributed by atoms with E-state index in [-0.39, 0.29) is 11.7 Å². The molecule has 1 amide bonds. The molecule has 2 aromatic rings. The highest BCUT2D eigenvalue weighted by Crippen LogP contribution is 2.17. The van der Waals surface area contributed by atoms with E-state index in [1.807, 2.05) is 37.3 Å². The molecule has 0 spiro atoms. The number of nitrogens with zero attached hydrogens (tertiary/aromatic N) is 1. The quantitative estimate of drug-likeness (QED) is 0.274. The first-order valence-corrected chi connectivity index (χ1v) is 9.37. The van der Waals surface area contributed by atoms with Crippen LogP contribution < -0.4 is 0 Å². The van der Waals surface area contributed by atoms with Crippen molar-refractivity contribution in [2.45, 2.75) is 19.8 Å². The number of hydrogen-bond donors (Lipinski definition) is 0. The number of ketones is 1. The van der Waals surface area contributed by atoms with Gasteiger partial charge in [0.2, 0.25) is 5.78 Å². The molecular formula is C24H27NO3. The summed E-state index contributed by atoms with van der Waals surface area (Å²) in [6, 6.07) is 14.6. The standard InChI is InChI=1S/C24H27NO3/c1-5-8-18-9-7-10-19(16-18)17-22(28-15-6-2)23(26)20-11-13-21(14-12-20)24(27)25(3)4/h5,7,9-14,16-17H,1,6,8,15H2,2-4H3. The number of ether oxygens (including phenoxy) is 1. The lowest BCUT2D eigenvalue weighted by atomic mass is 10.0. The topological polar surface area (TPSA) is 46.6 Å². The van der Waals surface area contributed by atoms with Gasteiger partial charge >= 0.3 is 0 Å². The fourth-order valence-electron chi connectivity index (χ4n) is 2.68. The van der Waals surface area contributed by atoms with Crippen molar-refractivity contribution >= 4 is 17.8 Å². The molecule has 0 radical (unpaired) electrons. The summed E-state index contributed by atoms with van der Waals surface area (Å²) in [5.74, 6) is -0.00764. The lowest BCUT2D eigenvalue weighted by Crippen LogP contribution is -2.21. The molecule has 0 atom stereocenters. The summed E-state index contributed by atoms with van der Waals surface area (Å²) in [6.07, 6.45) is 5.18. The third kappa shape index (κ3) is 5.68. The van der Waals surface area contributed by atoms with Gasteiger partial charge in [-0.1, -0.05) is 49.4 Å². The Morgan fingerprint density at radius 2 is 1.75 bits per heavy atom. The number of Topliss-reactive ketones (excluding diaryl/α,β-unsaturated/α-hetero) is 1. The SMILES string of the molecule is C=CCc1cccc(C=C(OCCC)C(=O)c2ccc(C(=O)N(C)C)cc2)c1. The Morgan fingerprint density at radius 3 is 2.36 bits per heavy atom. The van der Waals surface area contributed by atoms with Gasteiger partial charge in [-0.15, -0.1) is 6.58 Å². The zero-order valence-electron chi connectivity index (χ0n) is 16.8. The molecule has 4 nitrogen and oxygen atoms in total. The third-order valence-corrected chi connectivity index (χ3v) is 4.11. The van der Waals surface area contributed by atoms with E-state index in [9.17, 15) is 9.59 Å². The summed E-state index contributed by atoms with van der Waals surface area (Å²) >= 11 is 0. The molecule has 0 N–H and O–H groups in total. The highest BCUT2D eigenvalue weighted by atomic mass is 16.5. The average molecular weight is 377 g/mol. The van der Waals surface area contributed by atoms with Crippen molar-refractivity contribution < 1.29 is 14.3 Å². The third-order valence-electron chi connectivity index (χ3n) is 4.11. The summed E-state index contributed by atoms with van der Waals surface area (Å²) in [5.41, 5.74) is 3.05. The van der Waals surface area contributed by atoms with E-state index in [0.29, 0.717) is 23.5 Å². The Labute approximate surface area is 167 Å². The van der Waals surface area contributed by atoms with Crippen molar-refractivity contribution in [3.05, 3.63) is 89.2 Å². The molecule has 0 unspecified atom stereocenters. The number of amides is 1. The molecule has 2 rings (SSSR count). The maximum Gasteiger partial charge on any atom is 0.253 e. The van der Waals surface area contributed by atoms with E-state index in [0.717, 1.165) is 24.0 Å². The van der Waals surface area contributed by atoms with Gasteiger partial charge in [0, 0.05) is 25.2 Å². The Balaban J connectivity index is 2.31. The summed E-state index contributed by atoms with van der Waals surface area (Å²) in [5, 5.41) is 0. The molecule has 4 heteroatoms. The smallest absolute Gasteiger partial charge is 0.253 e. The fraction of sp³-hybridized carbons (Fsp3) is 0.250. The minimum Gasteiger partial charge on any atom is -0.489 e. The van der Waals surface area contributed by atoms with Gasteiger partial charge in [0.25, 0.3) is 5.91 Å². The molecule has 0 heterocycles. The Morgan fingerprint density at radius 1 is 1.07 bits per heavy atom. The number of allylic oxidation sites excluding steroid dienone is 2. The predicted molar refractivity (Wildman–Crippen MR) is 113 cm³/mol. The van der Waals surface area contributed by atoms with Crippen LogP contribution in [0.2, 0.25) is 0 Å². The van der Waals surface area contributed by atoms with Crippen molar-refractivity contribution in [3.63, 3.8) is 0 Å². The lowest BCUT2D eigenvalue weighted by Gasteiger charge is -2.12. The molecular weight excluding hydrogens is 350 g/mol. The Bertz CT molecular complexity index is 864. The maximum atomic E-state index is 13.0. The van der Waals surface area contributed by atoms with Crippen LogP contribution in [0.3, 0.4) is 0 Å². The van der Waals surface area contributed by atoms with E-state index in [1.54, 1.807) is 44.4 Å². The van der Waals surface area contributed by atoms with Gasteiger partial charge < -0.3 is 9.64 Å². The number of carbonyl (C=O) groups is 2. The zero-order valence-corrected chi connectivity index (χ0v) is 16.8. The molecule has 0 fully saturated rings. The molecule has 0 aliphatic rings. The van der Waals surface area contributed by atoms with Crippen LogP contribution in [0.1, 0.15) is 45.2 Å². The van der Waals surface area contributed by atoms with Crippen molar-refractivity contribution in [2.75, 3.05) is 20.7 Å². The summed E-state index contributed by atoms with van der Waals surface area (Å²) in [7, 11) is 3.39. The van der Waals surface area contributed by atoms with Gasteiger partial charge in [0.15, 0.2) is 5.76 Å². The maximum absolute atomic E-state index is 13.0. The minimum absolute atomic E-state index is 0.101. The van der Waals surface area contributed by atoms with E-state index in [1.165, 1.54) is 4.90 Å². The van der Waals surface area contributed by atoms with Crippen LogP contribution in [-0.2, 0) is 11.2 Å². The molecule has 146 valence electrons. The van der Waals surface area contributed by atoms with Crippen LogP contribution in [0, 0.1) is 0 Å². The van der Waals surface area contributed by atoms with Crippen molar-refractivity contribution in [2.24, 2.45) is 0 Å². The lowest BCUT2D eigenvalue weighted by molar-refractivity contribution is 0.0826. The molecule has 0 saturated heterocycles. The Kier molecular flexibility index (Phi) is 7.76. The molecule has 0 bridgehead atoms. The van der Waals surface area contributed by atoms with Crippen LogP contribution in [-0.4, -0.2) is 37.3 Å². The van der Waals surface area contributed by atoms with Gasteiger partial charge in [0.1, 0.15) is 0 Å². The highest BCUT2D eigenvalue weighted by Gasteiger charge is 2.16. The van der Waals surface area contributed by atoms with Gasteiger partial charge in [-0.05, 0) is 42.2 Å². The van der Waals surface area contributed by atoms with Gasteiger partial charge in [0.05, 0.1) is 6.61 Å². The van der Waals surface area contributed by atoms with Crippen molar-refractivity contribution in [1.29, 1.82) is 0 Å². The highest BCUT2D eigenvalue weighted by molar-refractivity contribution is 6.10. The van der Waals surface area contributed by atoms with Crippen LogP contribution >= 0.6 is 0 Å². The predicted octanol–water partition coefficient (Wildman–Crippen LogP) is 4.77. The second-order valence-corrected chi connectivity index (χ2v) is 6.70. The molecule has 0 aliphatic heterocycles. The first kappa shape index (κ1) is 21.2. The fourth-order valence-corrected chi connectivity index (χ4v) is 2.68. The second-order valence-electron chi connectivity index (χ2n) is 6.70. The normalized spacial score (nSPS) is 11.0. The number of carbonyl (C=O) groups excluding carboxylic acids is 2. The zero-order chi connectivity index (χ0) is 20.5. The van der Waals surface area contributed by atoms with Crippen LogP contribution in [0.15, 0.2) is 66.9 Å². The van der Waals surface area contributed by atoms with E-state index in [2.05, 4.69) is 6.58 Å². The van der Waals surface area contributed by atoms with Gasteiger partial charge in [-0.3, -0.25) is 9.59 Å². The number of benzene rings is 2. The second kappa shape index (κ2) is 10.3.